The summed E-state index contributed by atoms with van der Waals surface area (Å²) in [5.41, 5.74) is 0. The monoisotopic (exact) mass is 239 g/mol. The number of cyclic esters (lactones) is 1. The fraction of sp³-hybridized carbons (Fsp3) is 0.692. The van der Waals surface area contributed by atoms with Gasteiger partial charge in [0.25, 0.3) is 5.91 Å². The Bertz CT molecular complexity index is 321. The SMILES string of the molecule is CC(C)C/C=C/C(=O)N1C(=O)OCC1C(C)C. The van der Waals surface area contributed by atoms with Crippen molar-refractivity contribution in [1.29, 1.82) is 0 Å². The maximum Gasteiger partial charge on any atom is 0.417 e. The highest BCUT2D eigenvalue weighted by molar-refractivity contribution is 5.99. The van der Waals surface area contributed by atoms with E-state index in [0.29, 0.717) is 12.5 Å². The molecule has 1 fully saturated rings. The molecule has 4 heteroatoms. The molecule has 0 saturated carbocycles. The Balaban J connectivity index is 2.66. The molecule has 1 saturated heterocycles. The molecular formula is C13H21NO3. The summed E-state index contributed by atoms with van der Waals surface area (Å²) in [5.74, 6) is 0.446. The number of carbonyl (C=O) groups excluding carboxylic acids is 2. The van der Waals surface area contributed by atoms with Crippen LogP contribution in [-0.2, 0) is 9.53 Å². The summed E-state index contributed by atoms with van der Waals surface area (Å²) < 4.78 is 4.92. The fourth-order valence-corrected chi connectivity index (χ4v) is 1.70. The molecule has 0 bridgehead atoms. The number of hydrogen-bond donors (Lipinski definition) is 0. The first-order valence-corrected chi connectivity index (χ1v) is 6.10. The van der Waals surface area contributed by atoms with Crippen molar-refractivity contribution in [3.8, 4) is 0 Å². The minimum absolute atomic E-state index is 0.140. The maximum absolute atomic E-state index is 11.9. The van der Waals surface area contributed by atoms with Crippen LogP contribution >= 0.6 is 0 Å². The van der Waals surface area contributed by atoms with E-state index in [9.17, 15) is 9.59 Å². The first kappa shape index (κ1) is 13.7. The summed E-state index contributed by atoms with van der Waals surface area (Å²) in [6.45, 7) is 8.42. The molecule has 1 heterocycles. The molecule has 1 unspecified atom stereocenters. The molecule has 0 aromatic carbocycles. The van der Waals surface area contributed by atoms with Crippen molar-refractivity contribution in [3.63, 3.8) is 0 Å². The molecule has 2 amide bonds. The predicted molar refractivity (Wildman–Crippen MR) is 65.4 cm³/mol. The topological polar surface area (TPSA) is 46.6 Å². The van der Waals surface area contributed by atoms with Gasteiger partial charge in [-0.15, -0.1) is 0 Å². The van der Waals surface area contributed by atoms with Crippen molar-refractivity contribution in [2.45, 2.75) is 40.2 Å². The van der Waals surface area contributed by atoms with Crippen LogP contribution in [0, 0.1) is 11.8 Å². The van der Waals surface area contributed by atoms with Crippen molar-refractivity contribution in [2.75, 3.05) is 6.61 Å². The quantitative estimate of drug-likeness (QED) is 0.708. The van der Waals surface area contributed by atoms with E-state index in [1.54, 1.807) is 0 Å². The Kier molecular flexibility index (Phi) is 4.73. The van der Waals surface area contributed by atoms with Gasteiger partial charge in [0, 0.05) is 0 Å². The van der Waals surface area contributed by atoms with Crippen LogP contribution in [0.2, 0.25) is 0 Å². The number of hydrogen-bond acceptors (Lipinski definition) is 3. The average molecular weight is 239 g/mol. The third kappa shape index (κ3) is 3.58. The van der Waals surface area contributed by atoms with Crippen LogP contribution in [-0.4, -0.2) is 29.5 Å². The Hall–Kier alpha value is -1.32. The highest BCUT2D eigenvalue weighted by Gasteiger charge is 2.38. The smallest absolute Gasteiger partial charge is 0.417 e. The normalized spacial score (nSPS) is 20.7. The standard InChI is InChI=1S/C13H21NO3/c1-9(2)6-5-7-12(15)14-11(10(3)4)8-17-13(14)16/h5,7,9-11H,6,8H2,1-4H3/b7-5+. The lowest BCUT2D eigenvalue weighted by atomic mass is 10.0. The van der Waals surface area contributed by atoms with Crippen LogP contribution in [0.25, 0.3) is 0 Å². The molecule has 1 rings (SSSR count). The Morgan fingerprint density at radius 1 is 1.47 bits per heavy atom. The number of nitrogens with zero attached hydrogens (tertiary/aromatic N) is 1. The van der Waals surface area contributed by atoms with E-state index in [0.717, 1.165) is 6.42 Å². The van der Waals surface area contributed by atoms with Gasteiger partial charge in [-0.05, 0) is 24.3 Å². The fourth-order valence-electron chi connectivity index (χ4n) is 1.70. The third-order valence-corrected chi connectivity index (χ3v) is 2.78. The highest BCUT2D eigenvalue weighted by atomic mass is 16.6. The predicted octanol–water partition coefficient (Wildman–Crippen LogP) is 2.59. The van der Waals surface area contributed by atoms with E-state index in [-0.39, 0.29) is 17.9 Å². The molecule has 0 aromatic rings. The largest absolute Gasteiger partial charge is 0.447 e. The van der Waals surface area contributed by atoms with Crippen molar-refractivity contribution < 1.29 is 14.3 Å². The van der Waals surface area contributed by atoms with Crippen molar-refractivity contribution in [1.82, 2.24) is 4.90 Å². The lowest BCUT2D eigenvalue weighted by Gasteiger charge is -2.21. The molecule has 0 aliphatic carbocycles. The summed E-state index contributed by atoms with van der Waals surface area (Å²) in [4.78, 5) is 24.6. The van der Waals surface area contributed by atoms with Gasteiger partial charge in [-0.2, -0.15) is 0 Å². The van der Waals surface area contributed by atoms with E-state index >= 15 is 0 Å². The lowest BCUT2D eigenvalue weighted by Crippen LogP contribution is -2.40. The molecule has 1 aliphatic heterocycles. The van der Waals surface area contributed by atoms with Crippen LogP contribution in [0.4, 0.5) is 4.79 Å². The van der Waals surface area contributed by atoms with Gasteiger partial charge in [-0.1, -0.05) is 33.8 Å². The second kappa shape index (κ2) is 5.84. The number of rotatable bonds is 4. The number of amides is 2. The molecule has 0 spiro atoms. The number of imide groups is 1. The molecule has 1 atom stereocenters. The second-order valence-corrected chi connectivity index (χ2v) is 5.13. The summed E-state index contributed by atoms with van der Waals surface area (Å²) in [6, 6.07) is -0.140. The van der Waals surface area contributed by atoms with Gasteiger partial charge in [-0.25, -0.2) is 9.69 Å². The van der Waals surface area contributed by atoms with E-state index in [2.05, 4.69) is 13.8 Å². The van der Waals surface area contributed by atoms with Gasteiger partial charge in [-0.3, -0.25) is 4.79 Å². The first-order valence-electron chi connectivity index (χ1n) is 6.10. The molecule has 0 radical (unpaired) electrons. The van der Waals surface area contributed by atoms with E-state index < -0.39 is 6.09 Å². The first-order chi connectivity index (χ1) is 7.93. The van der Waals surface area contributed by atoms with Crippen molar-refractivity contribution in [2.24, 2.45) is 11.8 Å². The van der Waals surface area contributed by atoms with Crippen molar-refractivity contribution >= 4 is 12.0 Å². The molecule has 4 nitrogen and oxygen atoms in total. The number of allylic oxidation sites excluding steroid dienone is 1. The van der Waals surface area contributed by atoms with E-state index in [4.69, 9.17) is 4.74 Å². The van der Waals surface area contributed by atoms with Crippen molar-refractivity contribution in [3.05, 3.63) is 12.2 Å². The van der Waals surface area contributed by atoms with Gasteiger partial charge in [0.15, 0.2) is 0 Å². The molecule has 1 aliphatic rings. The highest BCUT2D eigenvalue weighted by Crippen LogP contribution is 2.19. The van der Waals surface area contributed by atoms with Crippen LogP contribution in [0.1, 0.15) is 34.1 Å². The molecule has 17 heavy (non-hydrogen) atoms. The van der Waals surface area contributed by atoms with Gasteiger partial charge in [0.1, 0.15) is 6.61 Å². The van der Waals surface area contributed by atoms with Crippen LogP contribution in [0.5, 0.6) is 0 Å². The van der Waals surface area contributed by atoms with Gasteiger partial charge in [0.05, 0.1) is 6.04 Å². The van der Waals surface area contributed by atoms with Gasteiger partial charge in [0.2, 0.25) is 0 Å². The summed E-state index contributed by atoms with van der Waals surface area (Å²) >= 11 is 0. The zero-order chi connectivity index (χ0) is 13.0. The number of carbonyl (C=O) groups is 2. The van der Waals surface area contributed by atoms with Crippen LogP contribution < -0.4 is 0 Å². The molecule has 0 aromatic heterocycles. The molecular weight excluding hydrogens is 218 g/mol. The second-order valence-electron chi connectivity index (χ2n) is 5.13. The zero-order valence-corrected chi connectivity index (χ0v) is 11.0. The third-order valence-electron chi connectivity index (χ3n) is 2.78. The zero-order valence-electron chi connectivity index (χ0n) is 11.0. The van der Waals surface area contributed by atoms with Crippen LogP contribution in [0.15, 0.2) is 12.2 Å². The Morgan fingerprint density at radius 3 is 2.65 bits per heavy atom. The minimum Gasteiger partial charge on any atom is -0.447 e. The summed E-state index contributed by atoms with van der Waals surface area (Å²) in [5, 5.41) is 0. The summed E-state index contributed by atoms with van der Waals surface area (Å²) in [7, 11) is 0. The Morgan fingerprint density at radius 2 is 2.12 bits per heavy atom. The van der Waals surface area contributed by atoms with Gasteiger partial charge >= 0.3 is 6.09 Å². The maximum atomic E-state index is 11.9. The lowest BCUT2D eigenvalue weighted by molar-refractivity contribution is -0.124. The summed E-state index contributed by atoms with van der Waals surface area (Å²) in [6.07, 6.45) is 3.60. The average Bonchev–Trinajstić information content (AvgIpc) is 2.59. The minimum atomic E-state index is -0.525. The molecule has 0 N–H and O–H groups in total. The van der Waals surface area contributed by atoms with Gasteiger partial charge < -0.3 is 4.74 Å². The van der Waals surface area contributed by atoms with E-state index in [1.807, 2.05) is 19.9 Å². The number of ether oxygens (including phenoxy) is 1. The van der Waals surface area contributed by atoms with Crippen LogP contribution in [0.3, 0.4) is 0 Å². The molecule has 96 valence electrons. The Labute approximate surface area is 103 Å². The van der Waals surface area contributed by atoms with E-state index in [1.165, 1.54) is 11.0 Å².